The number of thiocarbonyl (C=S) groups is 1. The van der Waals surface area contributed by atoms with Gasteiger partial charge in [-0.15, -0.1) is 0 Å². The van der Waals surface area contributed by atoms with Crippen LogP contribution in [0.2, 0.25) is 0 Å². The molecule has 3 N–H and O–H groups in total. The van der Waals surface area contributed by atoms with Gasteiger partial charge in [-0.1, -0.05) is 33.0 Å². The second-order valence-electron chi connectivity index (χ2n) is 5.79. The molecule has 0 aromatic heterocycles. The predicted octanol–water partition coefficient (Wildman–Crippen LogP) is 3.26. The van der Waals surface area contributed by atoms with Crippen LogP contribution >= 0.6 is 28.1 Å². The first-order valence-electron chi connectivity index (χ1n) is 6.10. The number of hydrogen-bond acceptors (Lipinski definition) is 3. The highest BCUT2D eigenvalue weighted by Gasteiger charge is 2.18. The summed E-state index contributed by atoms with van der Waals surface area (Å²) in [4.78, 5) is 0.271. The molecule has 0 spiro atoms. The molecule has 0 aliphatic heterocycles. The van der Waals surface area contributed by atoms with E-state index in [9.17, 15) is 8.42 Å². The average Bonchev–Trinajstić information content (AvgIpc) is 2.28. The lowest BCUT2D eigenvalue weighted by molar-refractivity contribution is 0.397. The summed E-state index contributed by atoms with van der Waals surface area (Å²) >= 11 is 8.19. The van der Waals surface area contributed by atoms with Crippen molar-refractivity contribution in [2.45, 2.75) is 27.2 Å². The predicted molar refractivity (Wildman–Crippen MR) is 91.5 cm³/mol. The van der Waals surface area contributed by atoms with E-state index in [0.29, 0.717) is 22.1 Å². The van der Waals surface area contributed by atoms with Gasteiger partial charge in [-0.3, -0.25) is 4.72 Å². The molecule has 0 radical (unpaired) electrons. The molecule has 4 nitrogen and oxygen atoms in total. The maximum absolute atomic E-state index is 12.0. The lowest BCUT2D eigenvalue weighted by Crippen LogP contribution is -2.21. The van der Waals surface area contributed by atoms with Crippen LogP contribution in [-0.4, -0.2) is 19.2 Å². The van der Waals surface area contributed by atoms with E-state index in [4.69, 9.17) is 18.0 Å². The van der Waals surface area contributed by atoms with E-state index in [1.54, 1.807) is 18.2 Å². The van der Waals surface area contributed by atoms with Crippen LogP contribution in [0.15, 0.2) is 22.7 Å². The number of halogens is 1. The van der Waals surface area contributed by atoms with Gasteiger partial charge in [0, 0.05) is 10.0 Å². The molecule has 0 unspecified atom stereocenters. The van der Waals surface area contributed by atoms with Crippen molar-refractivity contribution in [1.82, 2.24) is 0 Å². The molecule has 1 aromatic rings. The number of sulfonamides is 1. The van der Waals surface area contributed by atoms with Crippen LogP contribution < -0.4 is 10.5 Å². The minimum absolute atomic E-state index is 0.0262. The molecule has 20 heavy (non-hydrogen) atoms. The molecule has 1 rings (SSSR count). The number of benzene rings is 1. The second-order valence-corrected chi connectivity index (χ2v) is 8.93. The van der Waals surface area contributed by atoms with Crippen LogP contribution in [0.1, 0.15) is 32.8 Å². The van der Waals surface area contributed by atoms with Gasteiger partial charge >= 0.3 is 0 Å². The normalized spacial score (nSPS) is 12.2. The van der Waals surface area contributed by atoms with Gasteiger partial charge < -0.3 is 5.73 Å². The first-order valence-corrected chi connectivity index (χ1v) is 8.95. The van der Waals surface area contributed by atoms with E-state index in [2.05, 4.69) is 20.7 Å². The Bertz CT molecular complexity index is 607. The number of nitrogens with two attached hydrogens (primary N) is 1. The van der Waals surface area contributed by atoms with Crippen LogP contribution in [0, 0.1) is 5.41 Å². The van der Waals surface area contributed by atoms with Crippen LogP contribution in [-0.2, 0) is 10.0 Å². The summed E-state index contributed by atoms with van der Waals surface area (Å²) in [6.45, 7) is 6.03. The van der Waals surface area contributed by atoms with Crippen molar-refractivity contribution in [3.8, 4) is 0 Å². The Kier molecular flexibility index (Phi) is 5.57. The van der Waals surface area contributed by atoms with Gasteiger partial charge in [0.15, 0.2) is 0 Å². The molecular formula is C13H19BrN2O2S2. The Morgan fingerprint density at radius 1 is 1.40 bits per heavy atom. The second kappa shape index (κ2) is 6.41. The Morgan fingerprint density at radius 2 is 2.00 bits per heavy atom. The van der Waals surface area contributed by atoms with E-state index >= 15 is 0 Å². The van der Waals surface area contributed by atoms with E-state index in [0.717, 1.165) is 0 Å². The zero-order valence-corrected chi connectivity index (χ0v) is 15.0. The first-order chi connectivity index (χ1) is 9.00. The molecule has 0 fully saturated rings. The molecule has 0 amide bonds. The molecule has 7 heteroatoms. The summed E-state index contributed by atoms with van der Waals surface area (Å²) in [6.07, 6.45) is 0.588. The summed E-state index contributed by atoms with van der Waals surface area (Å²) in [5.74, 6) is 0.0833. The molecule has 0 bridgehead atoms. The van der Waals surface area contributed by atoms with Crippen molar-refractivity contribution in [1.29, 1.82) is 0 Å². The van der Waals surface area contributed by atoms with Gasteiger partial charge in [-0.25, -0.2) is 8.42 Å². The number of anilines is 1. The molecule has 0 saturated heterocycles. The third kappa shape index (κ3) is 5.76. The van der Waals surface area contributed by atoms with Crippen molar-refractivity contribution in [3.05, 3.63) is 28.2 Å². The Balaban J connectivity index is 2.85. The van der Waals surface area contributed by atoms with Gasteiger partial charge in [0.25, 0.3) is 0 Å². The minimum atomic E-state index is -3.37. The number of hydrogen-bond donors (Lipinski definition) is 2. The highest BCUT2D eigenvalue weighted by Crippen LogP contribution is 2.26. The first kappa shape index (κ1) is 17.4. The standard InChI is InChI=1S/C13H19BrN2O2S2/c1-13(2,3)6-7-20(17,18)16-11-5-4-9(12(15)19)8-10(11)14/h4-5,8,16H,6-7H2,1-3H3,(H2,15,19). The lowest BCUT2D eigenvalue weighted by Gasteiger charge is -2.18. The summed E-state index contributed by atoms with van der Waals surface area (Å²) in [6, 6.07) is 5.03. The zero-order chi connectivity index (χ0) is 15.6. The quantitative estimate of drug-likeness (QED) is 0.771. The maximum Gasteiger partial charge on any atom is 0.232 e. The molecule has 0 aliphatic carbocycles. The van der Waals surface area contributed by atoms with Crippen molar-refractivity contribution in [2.75, 3.05) is 10.5 Å². The summed E-state index contributed by atoms with van der Waals surface area (Å²) in [7, 11) is -3.37. The molecular weight excluding hydrogens is 360 g/mol. The topological polar surface area (TPSA) is 72.2 Å². The van der Waals surface area contributed by atoms with Crippen molar-refractivity contribution in [3.63, 3.8) is 0 Å². The van der Waals surface area contributed by atoms with Gasteiger partial charge in [0.1, 0.15) is 4.99 Å². The van der Waals surface area contributed by atoms with Gasteiger partial charge in [-0.2, -0.15) is 0 Å². The molecule has 0 aliphatic rings. The monoisotopic (exact) mass is 378 g/mol. The molecule has 1 aromatic carbocycles. The number of nitrogens with one attached hydrogen (secondary N) is 1. The SMILES string of the molecule is CC(C)(C)CCS(=O)(=O)Nc1ccc(C(N)=S)cc1Br. The minimum Gasteiger partial charge on any atom is -0.389 e. The fourth-order valence-electron chi connectivity index (χ4n) is 1.41. The molecule has 0 saturated carbocycles. The van der Waals surface area contributed by atoms with E-state index in [1.807, 2.05) is 20.8 Å². The fraction of sp³-hybridized carbons (Fsp3) is 0.462. The van der Waals surface area contributed by atoms with Crippen molar-refractivity contribution in [2.24, 2.45) is 11.1 Å². The van der Waals surface area contributed by atoms with Gasteiger partial charge in [0.05, 0.1) is 11.4 Å². The Morgan fingerprint density at radius 3 is 2.45 bits per heavy atom. The highest BCUT2D eigenvalue weighted by molar-refractivity contribution is 9.10. The maximum atomic E-state index is 12.0. The van der Waals surface area contributed by atoms with Crippen LogP contribution in [0.5, 0.6) is 0 Å². The Hall–Kier alpha value is -0.660. The van der Waals surface area contributed by atoms with Crippen LogP contribution in [0.4, 0.5) is 5.69 Å². The summed E-state index contributed by atoms with van der Waals surface area (Å²) in [5.41, 5.74) is 6.67. The fourth-order valence-corrected chi connectivity index (χ4v) is 3.64. The average molecular weight is 379 g/mol. The van der Waals surface area contributed by atoms with Gasteiger partial charge in [0.2, 0.25) is 10.0 Å². The zero-order valence-electron chi connectivity index (χ0n) is 11.7. The summed E-state index contributed by atoms with van der Waals surface area (Å²) < 4.78 is 27.3. The highest BCUT2D eigenvalue weighted by atomic mass is 79.9. The third-order valence-corrected chi connectivity index (χ3v) is 4.80. The van der Waals surface area contributed by atoms with Crippen LogP contribution in [0.25, 0.3) is 0 Å². The van der Waals surface area contributed by atoms with Gasteiger partial charge in [-0.05, 0) is 46.0 Å². The van der Waals surface area contributed by atoms with Crippen molar-refractivity contribution >= 4 is 48.8 Å². The van der Waals surface area contributed by atoms with E-state index in [-0.39, 0.29) is 16.2 Å². The molecule has 0 atom stereocenters. The molecule has 0 heterocycles. The van der Waals surface area contributed by atoms with Crippen molar-refractivity contribution < 1.29 is 8.42 Å². The third-order valence-electron chi connectivity index (χ3n) is 2.64. The van der Waals surface area contributed by atoms with Crippen LogP contribution in [0.3, 0.4) is 0 Å². The lowest BCUT2D eigenvalue weighted by atomic mass is 9.94. The van der Waals surface area contributed by atoms with E-state index in [1.165, 1.54) is 0 Å². The smallest absolute Gasteiger partial charge is 0.232 e. The largest absolute Gasteiger partial charge is 0.389 e. The molecule has 112 valence electrons. The number of rotatable bonds is 5. The summed E-state index contributed by atoms with van der Waals surface area (Å²) in [5, 5.41) is 0. The Labute approximate surface area is 134 Å². The van der Waals surface area contributed by atoms with E-state index < -0.39 is 10.0 Å².